The fourth-order valence-electron chi connectivity index (χ4n) is 14.3. The second-order valence-corrected chi connectivity index (χ2v) is 34.4. The van der Waals surface area contributed by atoms with Crippen LogP contribution in [0.4, 0.5) is 0 Å². The fraction of sp³-hybridized carbons (Fsp3) is 0.894. The molecule has 9 nitrogen and oxygen atoms in total. The van der Waals surface area contributed by atoms with Gasteiger partial charge in [-0.3, -0.25) is 14.2 Å². The van der Waals surface area contributed by atoms with Crippen LogP contribution in [-0.2, 0) is 32.7 Å². The number of quaternary nitrogens is 1. The quantitative estimate of drug-likeness (QED) is 0.0195. The zero-order valence-corrected chi connectivity index (χ0v) is 71.4. The van der Waals surface area contributed by atoms with Crippen molar-refractivity contribution in [2.75, 3.05) is 47.5 Å². The molecule has 0 aliphatic carbocycles. The van der Waals surface area contributed by atoms with Gasteiger partial charge in [0.2, 0.25) is 0 Å². The van der Waals surface area contributed by atoms with Crippen LogP contribution in [-0.4, -0.2) is 70.0 Å². The van der Waals surface area contributed by atoms with Crippen LogP contribution in [0, 0.1) is 0 Å². The molecule has 2 atom stereocenters. The lowest BCUT2D eigenvalue weighted by atomic mass is 10.0. The van der Waals surface area contributed by atoms with Crippen molar-refractivity contribution in [2.24, 2.45) is 0 Å². The van der Waals surface area contributed by atoms with Crippen molar-refractivity contribution >= 4 is 19.8 Å². The number of ether oxygens (including phenoxy) is 2. The van der Waals surface area contributed by atoms with Crippen LogP contribution >= 0.6 is 7.82 Å². The summed E-state index contributed by atoms with van der Waals surface area (Å²) in [7, 11) is 1.20. The summed E-state index contributed by atoms with van der Waals surface area (Å²) in [5.41, 5.74) is 0. The van der Waals surface area contributed by atoms with Gasteiger partial charge >= 0.3 is 11.9 Å². The SMILES string of the molecule is CCCCCCC/C=C\C/C=C\CCCCCCCCCCCCCCCCCCCCCCCCCCCCCCCC(=O)OC(COC(=O)CCCCCCCCCCCCCCCCCCCCCCCCCCCCC/C=C\C/C=C\CCCCCCC)COP(=O)([O-])OCC[N+](C)(C)C. The van der Waals surface area contributed by atoms with Crippen LogP contribution in [0.2, 0.25) is 0 Å². The Kier molecular flexibility index (Phi) is 83.3. The molecular formula is C94H180NO8P. The van der Waals surface area contributed by atoms with Gasteiger partial charge < -0.3 is 27.9 Å². The minimum Gasteiger partial charge on any atom is -0.756 e. The highest BCUT2D eigenvalue weighted by atomic mass is 31.2. The fourth-order valence-corrected chi connectivity index (χ4v) is 15.0. The van der Waals surface area contributed by atoms with E-state index < -0.39 is 26.5 Å². The molecule has 0 bridgehead atoms. The van der Waals surface area contributed by atoms with E-state index >= 15 is 0 Å². The number of carbonyl (C=O) groups excluding carboxylic acids is 2. The first-order valence-electron chi connectivity index (χ1n) is 46.3. The van der Waals surface area contributed by atoms with Crippen LogP contribution < -0.4 is 4.89 Å². The number of phosphoric acid groups is 1. The summed E-state index contributed by atoms with van der Waals surface area (Å²) in [5, 5.41) is 0. The molecule has 10 heteroatoms. The Morgan fingerprint density at radius 3 is 0.760 bits per heavy atom. The van der Waals surface area contributed by atoms with Crippen LogP contribution in [0.25, 0.3) is 0 Å². The normalized spacial score (nSPS) is 13.1. The van der Waals surface area contributed by atoms with Crippen LogP contribution in [0.1, 0.15) is 489 Å². The van der Waals surface area contributed by atoms with E-state index in [4.69, 9.17) is 18.5 Å². The van der Waals surface area contributed by atoms with Crippen molar-refractivity contribution in [3.8, 4) is 0 Å². The number of carbonyl (C=O) groups is 2. The standard InChI is InChI=1S/C94H180NO8P/c1-6-8-10-12-14-16-18-20-22-24-26-28-30-32-34-36-38-40-42-44-46-47-49-51-53-55-57-59-61-63-65-67-69-71-73-75-77-79-81-83-85-87-94(97)103-92(91-102-104(98,99)101-89-88-95(3,4)5)90-100-93(96)86-84-82-80-78-76-74-72-70-68-66-64-62-60-58-56-54-52-50-48-45-43-41-39-37-35-33-31-29-27-25-23-21-19-17-15-13-11-9-7-2/h18-21,24-27,92H,6-17,22-23,28-91H2,1-5H3/b20-18-,21-19-,26-24-,27-25-. The largest absolute Gasteiger partial charge is 0.756 e. The van der Waals surface area contributed by atoms with E-state index in [0.717, 1.165) is 44.9 Å². The van der Waals surface area contributed by atoms with Crippen molar-refractivity contribution in [1.82, 2.24) is 0 Å². The minimum absolute atomic E-state index is 0.0268. The number of rotatable bonds is 88. The lowest BCUT2D eigenvalue weighted by Gasteiger charge is -2.28. The second kappa shape index (κ2) is 85.0. The highest BCUT2D eigenvalue weighted by Crippen LogP contribution is 2.38. The number of likely N-dealkylation sites (N-methyl/N-ethyl adjacent to an activating group) is 1. The molecule has 0 saturated heterocycles. The number of esters is 2. The van der Waals surface area contributed by atoms with E-state index in [1.165, 1.54) is 411 Å². The molecule has 0 aliphatic rings. The third-order valence-electron chi connectivity index (χ3n) is 21.3. The minimum atomic E-state index is -4.65. The topological polar surface area (TPSA) is 111 Å². The molecule has 614 valence electrons. The third-order valence-corrected chi connectivity index (χ3v) is 22.3. The molecule has 104 heavy (non-hydrogen) atoms. The van der Waals surface area contributed by atoms with Gasteiger partial charge in [0.05, 0.1) is 27.7 Å². The zero-order valence-electron chi connectivity index (χ0n) is 70.5. The van der Waals surface area contributed by atoms with Gasteiger partial charge in [-0.25, -0.2) is 0 Å². The molecule has 0 amide bonds. The van der Waals surface area contributed by atoms with Crippen LogP contribution in [0.15, 0.2) is 48.6 Å². The third kappa shape index (κ3) is 88.9. The smallest absolute Gasteiger partial charge is 0.306 e. The van der Waals surface area contributed by atoms with E-state index in [0.29, 0.717) is 17.4 Å². The molecule has 0 aromatic rings. The van der Waals surface area contributed by atoms with E-state index in [1.54, 1.807) is 0 Å². The summed E-state index contributed by atoms with van der Waals surface area (Å²) in [6, 6.07) is 0. The predicted molar refractivity (Wildman–Crippen MR) is 453 cm³/mol. The van der Waals surface area contributed by atoms with Gasteiger partial charge in [-0.15, -0.1) is 0 Å². The number of allylic oxidation sites excluding steroid dienone is 8. The first-order valence-corrected chi connectivity index (χ1v) is 47.8. The van der Waals surface area contributed by atoms with Crippen molar-refractivity contribution in [3.63, 3.8) is 0 Å². The van der Waals surface area contributed by atoms with Gasteiger partial charge in [-0.1, -0.05) is 448 Å². The molecule has 0 saturated carbocycles. The maximum absolute atomic E-state index is 12.9. The Labute approximate surface area is 649 Å². The number of nitrogens with zero attached hydrogens (tertiary/aromatic N) is 1. The molecule has 2 unspecified atom stereocenters. The highest BCUT2D eigenvalue weighted by molar-refractivity contribution is 7.45. The lowest BCUT2D eigenvalue weighted by Crippen LogP contribution is -2.37. The predicted octanol–water partition coefficient (Wildman–Crippen LogP) is 30.8. The van der Waals surface area contributed by atoms with Gasteiger partial charge in [-0.2, -0.15) is 0 Å². The van der Waals surface area contributed by atoms with Gasteiger partial charge in [0.25, 0.3) is 7.82 Å². The Balaban J connectivity index is 3.82. The molecule has 0 aromatic heterocycles. The monoisotopic (exact) mass is 1480 g/mol. The molecule has 0 N–H and O–H groups in total. The van der Waals surface area contributed by atoms with Crippen molar-refractivity contribution in [2.45, 2.75) is 495 Å². The summed E-state index contributed by atoms with van der Waals surface area (Å²) < 4.78 is 34.5. The van der Waals surface area contributed by atoms with Gasteiger partial charge in [0.15, 0.2) is 6.10 Å². The Hall–Kier alpha value is -2.03. The highest BCUT2D eigenvalue weighted by Gasteiger charge is 2.22. The molecule has 0 aliphatic heterocycles. The summed E-state index contributed by atoms with van der Waals surface area (Å²) in [4.78, 5) is 38.3. The molecule has 0 fully saturated rings. The number of hydrogen-bond acceptors (Lipinski definition) is 8. The summed E-state index contributed by atoms with van der Waals surface area (Å²) in [6.45, 7) is 4.31. The molecule has 0 heterocycles. The van der Waals surface area contributed by atoms with Crippen molar-refractivity contribution < 1.29 is 42.1 Å². The Morgan fingerprint density at radius 1 is 0.298 bits per heavy atom. The summed E-state index contributed by atoms with van der Waals surface area (Å²) in [6.07, 6.45) is 114. The number of phosphoric ester groups is 1. The molecule has 0 aromatic carbocycles. The van der Waals surface area contributed by atoms with E-state index in [2.05, 4.69) is 62.5 Å². The summed E-state index contributed by atoms with van der Waals surface area (Å²) >= 11 is 0. The average molecular weight is 1480 g/mol. The molecule has 0 rings (SSSR count). The number of hydrogen-bond donors (Lipinski definition) is 0. The first kappa shape index (κ1) is 102. The van der Waals surface area contributed by atoms with Crippen LogP contribution in [0.5, 0.6) is 0 Å². The first-order chi connectivity index (χ1) is 51.0. The number of unbranched alkanes of at least 4 members (excludes halogenated alkanes) is 66. The molecule has 0 spiro atoms. The van der Waals surface area contributed by atoms with Gasteiger partial charge in [0, 0.05) is 12.8 Å². The summed E-state index contributed by atoms with van der Waals surface area (Å²) in [5.74, 6) is -0.803. The zero-order chi connectivity index (χ0) is 75.4. The molecular weight excluding hydrogens is 1300 g/mol. The van der Waals surface area contributed by atoms with E-state index in [1.807, 2.05) is 21.1 Å². The average Bonchev–Trinajstić information content (AvgIpc) is 0.920. The Bertz CT molecular complexity index is 1890. The van der Waals surface area contributed by atoms with Gasteiger partial charge in [0.1, 0.15) is 19.8 Å². The Morgan fingerprint density at radius 2 is 0.519 bits per heavy atom. The second-order valence-electron chi connectivity index (χ2n) is 33.0. The maximum atomic E-state index is 12.9. The molecule has 0 radical (unpaired) electrons. The van der Waals surface area contributed by atoms with Crippen molar-refractivity contribution in [3.05, 3.63) is 48.6 Å². The maximum Gasteiger partial charge on any atom is 0.306 e. The van der Waals surface area contributed by atoms with E-state index in [-0.39, 0.29) is 32.0 Å². The van der Waals surface area contributed by atoms with E-state index in [9.17, 15) is 19.0 Å². The van der Waals surface area contributed by atoms with Crippen LogP contribution in [0.3, 0.4) is 0 Å². The lowest BCUT2D eigenvalue weighted by molar-refractivity contribution is -0.870. The van der Waals surface area contributed by atoms with Gasteiger partial charge in [-0.05, 0) is 77.0 Å². The van der Waals surface area contributed by atoms with Crippen molar-refractivity contribution in [1.29, 1.82) is 0 Å².